The second-order valence-corrected chi connectivity index (χ2v) is 9.74. The molecular formula is C27H23N7OS. The van der Waals surface area contributed by atoms with Gasteiger partial charge in [0.15, 0.2) is 5.82 Å². The number of fused-ring (bicyclic) bond motifs is 2. The summed E-state index contributed by atoms with van der Waals surface area (Å²) in [5.74, 6) is 1.49. The number of para-hydroxylation sites is 1. The standard InChI is InChI=1S/C27H23N7OS/c1-2-20(16-6-9-36-15-16)25-22(3-1)31-27(32-25)26-21-11-23(30-14-24(21)33-34-26)17-10-19(13-29-12-17)35-18-4-7-28-8-5-18/h1-3,6,9-15,18,28H,4-5,7-8H2,(H,31,32)(H,33,34). The lowest BCUT2D eigenvalue weighted by molar-refractivity contribution is 0.162. The lowest BCUT2D eigenvalue weighted by Crippen LogP contribution is -2.34. The summed E-state index contributed by atoms with van der Waals surface area (Å²) in [6.07, 6.45) is 7.61. The molecule has 6 aromatic rings. The van der Waals surface area contributed by atoms with Gasteiger partial charge in [0.25, 0.3) is 0 Å². The number of hydrogen-bond donors (Lipinski definition) is 3. The maximum atomic E-state index is 6.20. The summed E-state index contributed by atoms with van der Waals surface area (Å²) >= 11 is 1.68. The largest absolute Gasteiger partial charge is 0.489 e. The summed E-state index contributed by atoms with van der Waals surface area (Å²) in [7, 11) is 0. The Morgan fingerprint density at radius 2 is 1.92 bits per heavy atom. The Labute approximate surface area is 210 Å². The van der Waals surface area contributed by atoms with Crippen LogP contribution in [0.5, 0.6) is 5.75 Å². The molecule has 1 aromatic carbocycles. The molecule has 178 valence electrons. The first kappa shape index (κ1) is 21.2. The molecule has 1 saturated heterocycles. The molecule has 36 heavy (non-hydrogen) atoms. The van der Waals surface area contributed by atoms with Gasteiger partial charge in [-0.3, -0.25) is 15.1 Å². The molecule has 0 saturated carbocycles. The second-order valence-electron chi connectivity index (χ2n) is 8.96. The smallest absolute Gasteiger partial charge is 0.159 e. The van der Waals surface area contributed by atoms with Crippen molar-refractivity contribution in [3.8, 4) is 39.7 Å². The van der Waals surface area contributed by atoms with Crippen molar-refractivity contribution < 1.29 is 4.74 Å². The van der Waals surface area contributed by atoms with Gasteiger partial charge in [-0.2, -0.15) is 16.4 Å². The minimum absolute atomic E-state index is 0.214. The number of nitrogens with zero attached hydrogens (tertiary/aromatic N) is 4. The first-order valence-electron chi connectivity index (χ1n) is 12.0. The molecule has 1 aliphatic heterocycles. The molecule has 0 unspecified atom stereocenters. The summed E-state index contributed by atoms with van der Waals surface area (Å²) in [6.45, 7) is 1.96. The summed E-state index contributed by atoms with van der Waals surface area (Å²) in [5, 5.41) is 16.2. The van der Waals surface area contributed by atoms with Crippen LogP contribution in [0.2, 0.25) is 0 Å². The molecule has 7 rings (SSSR count). The summed E-state index contributed by atoms with van der Waals surface area (Å²) in [5.41, 5.74) is 7.51. The second kappa shape index (κ2) is 8.85. The zero-order chi connectivity index (χ0) is 23.9. The Balaban J connectivity index is 1.26. The van der Waals surface area contributed by atoms with E-state index < -0.39 is 0 Å². The van der Waals surface area contributed by atoms with Crippen molar-refractivity contribution in [2.45, 2.75) is 18.9 Å². The van der Waals surface area contributed by atoms with Gasteiger partial charge in [-0.1, -0.05) is 12.1 Å². The van der Waals surface area contributed by atoms with Gasteiger partial charge in [-0.25, -0.2) is 4.98 Å². The van der Waals surface area contributed by atoms with Crippen LogP contribution in [0, 0.1) is 0 Å². The van der Waals surface area contributed by atoms with Gasteiger partial charge in [-0.15, -0.1) is 0 Å². The molecule has 6 heterocycles. The molecule has 0 atom stereocenters. The van der Waals surface area contributed by atoms with E-state index in [0.29, 0.717) is 0 Å². The fourth-order valence-electron chi connectivity index (χ4n) is 4.78. The number of aromatic amines is 2. The Hall–Kier alpha value is -4.08. The maximum Gasteiger partial charge on any atom is 0.159 e. The molecule has 3 N–H and O–H groups in total. The van der Waals surface area contributed by atoms with Crippen LogP contribution in [0.3, 0.4) is 0 Å². The molecule has 0 bridgehead atoms. The number of aromatic nitrogens is 6. The van der Waals surface area contributed by atoms with Crippen molar-refractivity contribution in [3.63, 3.8) is 0 Å². The van der Waals surface area contributed by atoms with Gasteiger partial charge in [0.05, 0.1) is 34.6 Å². The van der Waals surface area contributed by atoms with Crippen LogP contribution in [0.1, 0.15) is 12.8 Å². The van der Waals surface area contributed by atoms with E-state index in [4.69, 9.17) is 9.72 Å². The van der Waals surface area contributed by atoms with Crippen molar-refractivity contribution >= 4 is 33.3 Å². The minimum atomic E-state index is 0.214. The number of hydrogen-bond acceptors (Lipinski definition) is 7. The Bertz CT molecular complexity index is 1660. The first-order chi connectivity index (χ1) is 17.8. The van der Waals surface area contributed by atoms with Crippen LogP contribution in [0.15, 0.2) is 65.7 Å². The fourth-order valence-corrected chi connectivity index (χ4v) is 5.44. The zero-order valence-corrected chi connectivity index (χ0v) is 20.2. The van der Waals surface area contributed by atoms with Crippen LogP contribution in [0.25, 0.3) is 55.8 Å². The van der Waals surface area contributed by atoms with Crippen molar-refractivity contribution in [2.24, 2.45) is 0 Å². The minimum Gasteiger partial charge on any atom is -0.489 e. The van der Waals surface area contributed by atoms with Gasteiger partial charge in [-0.05, 0) is 66.5 Å². The average Bonchev–Trinajstić information content (AvgIpc) is 3.68. The fraction of sp³-hybridized carbons (Fsp3) is 0.185. The van der Waals surface area contributed by atoms with Crippen molar-refractivity contribution in [1.82, 2.24) is 35.5 Å². The summed E-state index contributed by atoms with van der Waals surface area (Å²) < 4.78 is 6.20. The number of benzene rings is 1. The van der Waals surface area contributed by atoms with E-state index in [1.807, 2.05) is 30.5 Å². The number of nitrogens with one attached hydrogen (secondary N) is 3. The summed E-state index contributed by atoms with van der Waals surface area (Å²) in [6, 6.07) is 12.4. The van der Waals surface area contributed by atoms with E-state index in [2.05, 4.69) is 53.4 Å². The molecule has 0 radical (unpaired) electrons. The first-order valence-corrected chi connectivity index (χ1v) is 12.9. The molecule has 8 nitrogen and oxygen atoms in total. The quantitative estimate of drug-likeness (QED) is 0.296. The van der Waals surface area contributed by atoms with Gasteiger partial charge >= 0.3 is 0 Å². The maximum absolute atomic E-state index is 6.20. The normalized spacial score (nSPS) is 14.6. The Morgan fingerprint density at radius 3 is 2.81 bits per heavy atom. The van der Waals surface area contributed by atoms with E-state index in [0.717, 1.165) is 82.0 Å². The number of H-pyrrole nitrogens is 2. The third-order valence-corrected chi connectivity index (χ3v) is 7.30. The van der Waals surface area contributed by atoms with Gasteiger partial charge in [0, 0.05) is 22.7 Å². The third kappa shape index (κ3) is 3.82. The molecule has 1 fully saturated rings. The van der Waals surface area contributed by atoms with Gasteiger partial charge < -0.3 is 15.0 Å². The molecule has 9 heteroatoms. The number of imidazole rings is 1. The topological polar surface area (TPSA) is 104 Å². The van der Waals surface area contributed by atoms with E-state index in [1.165, 1.54) is 5.56 Å². The predicted molar refractivity (Wildman–Crippen MR) is 142 cm³/mol. The highest BCUT2D eigenvalue weighted by molar-refractivity contribution is 7.08. The molecule has 5 aromatic heterocycles. The molecule has 0 spiro atoms. The van der Waals surface area contributed by atoms with Crippen molar-refractivity contribution in [1.29, 1.82) is 0 Å². The number of pyridine rings is 2. The van der Waals surface area contributed by atoms with E-state index in [1.54, 1.807) is 23.7 Å². The number of piperidine rings is 1. The highest BCUT2D eigenvalue weighted by Gasteiger charge is 2.18. The van der Waals surface area contributed by atoms with E-state index in [9.17, 15) is 0 Å². The lowest BCUT2D eigenvalue weighted by Gasteiger charge is -2.23. The number of ether oxygens (including phenoxy) is 1. The lowest BCUT2D eigenvalue weighted by atomic mass is 10.1. The number of thiophene rings is 1. The van der Waals surface area contributed by atoms with Crippen LogP contribution in [0.4, 0.5) is 0 Å². The SMILES string of the molecule is c1cc(-c2ccsc2)c2nc(-c3n[nH]c4cnc(-c5cncc(OC6CCNCC6)c5)cc34)[nH]c2c1. The van der Waals surface area contributed by atoms with Crippen LogP contribution in [-0.2, 0) is 0 Å². The van der Waals surface area contributed by atoms with Crippen LogP contribution in [-0.4, -0.2) is 49.3 Å². The van der Waals surface area contributed by atoms with Crippen molar-refractivity contribution in [3.05, 3.63) is 65.7 Å². The van der Waals surface area contributed by atoms with Crippen molar-refractivity contribution in [2.75, 3.05) is 13.1 Å². The molecule has 1 aliphatic rings. The Morgan fingerprint density at radius 1 is 0.972 bits per heavy atom. The number of rotatable bonds is 5. The highest BCUT2D eigenvalue weighted by atomic mass is 32.1. The van der Waals surface area contributed by atoms with E-state index >= 15 is 0 Å². The van der Waals surface area contributed by atoms with Gasteiger partial charge in [0.2, 0.25) is 0 Å². The highest BCUT2D eigenvalue weighted by Crippen LogP contribution is 2.33. The molecule has 0 amide bonds. The zero-order valence-electron chi connectivity index (χ0n) is 19.4. The van der Waals surface area contributed by atoms with Crippen LogP contribution >= 0.6 is 11.3 Å². The molecule has 0 aliphatic carbocycles. The Kier molecular flexibility index (Phi) is 5.22. The predicted octanol–water partition coefficient (Wildman–Crippen LogP) is 5.42. The third-order valence-electron chi connectivity index (χ3n) is 6.61. The van der Waals surface area contributed by atoms with E-state index in [-0.39, 0.29) is 6.10 Å². The summed E-state index contributed by atoms with van der Waals surface area (Å²) in [4.78, 5) is 17.5. The average molecular weight is 494 g/mol. The molecular weight excluding hydrogens is 470 g/mol. The monoisotopic (exact) mass is 493 g/mol. The van der Waals surface area contributed by atoms with Crippen LogP contribution < -0.4 is 10.1 Å². The van der Waals surface area contributed by atoms with Gasteiger partial charge in [0.1, 0.15) is 17.5 Å².